The van der Waals surface area contributed by atoms with Crippen molar-refractivity contribution in [3.63, 3.8) is 0 Å². The molecule has 78 valence electrons. The Morgan fingerprint density at radius 3 is 2.87 bits per heavy atom. The van der Waals surface area contributed by atoms with Gasteiger partial charge in [0.15, 0.2) is 0 Å². The van der Waals surface area contributed by atoms with Gasteiger partial charge in [-0.05, 0) is 30.2 Å². The van der Waals surface area contributed by atoms with E-state index >= 15 is 0 Å². The molecule has 0 aliphatic rings. The second-order valence-electron chi connectivity index (χ2n) is 3.11. The van der Waals surface area contributed by atoms with Crippen LogP contribution in [0.5, 0.6) is 0 Å². The smallest absolute Gasteiger partial charge is 0.242 e. The van der Waals surface area contributed by atoms with Crippen LogP contribution in [-0.4, -0.2) is 15.2 Å². The molecule has 0 spiro atoms. The van der Waals surface area contributed by atoms with Crippen molar-refractivity contribution in [1.29, 1.82) is 0 Å². The largest absolute Gasteiger partial charge is 0.261 e. The zero-order valence-corrected chi connectivity index (χ0v) is 9.77. The Kier molecular flexibility index (Phi) is 3.28. The molecule has 0 radical (unpaired) electrons. The van der Waals surface area contributed by atoms with Crippen LogP contribution in [-0.2, 0) is 5.75 Å². The molecular formula is C10H10ClN3S. The first-order valence-corrected chi connectivity index (χ1v) is 5.87. The first-order chi connectivity index (χ1) is 7.25. The highest BCUT2D eigenvalue weighted by Gasteiger charge is 2.02. The molecule has 0 aliphatic heterocycles. The summed E-state index contributed by atoms with van der Waals surface area (Å²) in [5.74, 6) is 1.55. The topological polar surface area (TPSA) is 41.6 Å². The number of aryl methyl sites for hydroxylation is 1. The molecule has 1 heterocycles. The number of halogens is 1. The van der Waals surface area contributed by atoms with Crippen molar-refractivity contribution in [3.8, 4) is 0 Å². The molecule has 0 atom stereocenters. The van der Waals surface area contributed by atoms with E-state index in [0.29, 0.717) is 0 Å². The highest BCUT2D eigenvalue weighted by molar-refractivity contribution is 7.98. The molecule has 15 heavy (non-hydrogen) atoms. The summed E-state index contributed by atoms with van der Waals surface area (Å²) >= 11 is 7.33. The minimum absolute atomic E-state index is 0.274. The molecule has 5 heteroatoms. The maximum absolute atomic E-state index is 5.61. The van der Waals surface area contributed by atoms with E-state index in [2.05, 4.69) is 34.2 Å². The molecule has 0 fully saturated rings. The molecule has 0 amide bonds. The zero-order valence-electron chi connectivity index (χ0n) is 8.20. The van der Waals surface area contributed by atoms with E-state index < -0.39 is 0 Å². The van der Waals surface area contributed by atoms with E-state index in [-0.39, 0.29) is 5.28 Å². The lowest BCUT2D eigenvalue weighted by molar-refractivity contribution is 1.02. The molecule has 1 N–H and O–H groups in total. The summed E-state index contributed by atoms with van der Waals surface area (Å²) < 4.78 is 0. The molecule has 0 unspecified atom stereocenters. The quantitative estimate of drug-likeness (QED) is 0.837. The summed E-state index contributed by atoms with van der Waals surface area (Å²) in [6.45, 7) is 2.09. The van der Waals surface area contributed by atoms with Crippen molar-refractivity contribution < 1.29 is 0 Å². The Morgan fingerprint density at radius 2 is 2.20 bits per heavy atom. The van der Waals surface area contributed by atoms with E-state index in [1.165, 1.54) is 10.5 Å². The van der Waals surface area contributed by atoms with E-state index in [9.17, 15) is 0 Å². The molecule has 3 nitrogen and oxygen atoms in total. The van der Waals surface area contributed by atoms with Crippen LogP contribution >= 0.6 is 23.4 Å². The lowest BCUT2D eigenvalue weighted by Gasteiger charge is -2.02. The number of benzene rings is 1. The van der Waals surface area contributed by atoms with Gasteiger partial charge in [-0.3, -0.25) is 5.10 Å². The Morgan fingerprint density at radius 1 is 1.40 bits per heavy atom. The average molecular weight is 240 g/mol. The van der Waals surface area contributed by atoms with Crippen LogP contribution in [0.4, 0.5) is 0 Å². The summed E-state index contributed by atoms with van der Waals surface area (Å²) in [6, 6.07) is 8.25. The minimum Gasteiger partial charge on any atom is -0.261 e. The third kappa shape index (κ3) is 2.73. The van der Waals surface area contributed by atoms with Crippen molar-refractivity contribution in [2.75, 3.05) is 0 Å². The first-order valence-electron chi connectivity index (χ1n) is 4.51. The molecule has 0 aliphatic carbocycles. The number of rotatable bonds is 3. The van der Waals surface area contributed by atoms with Gasteiger partial charge >= 0.3 is 0 Å². The maximum atomic E-state index is 5.61. The minimum atomic E-state index is 0.274. The van der Waals surface area contributed by atoms with Crippen LogP contribution in [0, 0.1) is 6.92 Å². The van der Waals surface area contributed by atoms with Gasteiger partial charge in [-0.2, -0.15) is 0 Å². The average Bonchev–Trinajstić information content (AvgIpc) is 2.63. The van der Waals surface area contributed by atoms with Crippen LogP contribution in [0.3, 0.4) is 0 Å². The van der Waals surface area contributed by atoms with E-state index in [1.54, 1.807) is 11.8 Å². The molecular weight excluding hydrogens is 230 g/mol. The van der Waals surface area contributed by atoms with E-state index in [1.807, 2.05) is 12.1 Å². The van der Waals surface area contributed by atoms with Gasteiger partial charge in [-0.1, -0.05) is 18.2 Å². The van der Waals surface area contributed by atoms with Gasteiger partial charge in [0.25, 0.3) is 0 Å². The predicted molar refractivity (Wildman–Crippen MR) is 62.1 cm³/mol. The highest BCUT2D eigenvalue weighted by Crippen LogP contribution is 2.24. The molecule has 2 rings (SSSR count). The molecule has 2 aromatic rings. The fourth-order valence-corrected chi connectivity index (χ4v) is 2.24. The summed E-state index contributed by atoms with van der Waals surface area (Å²) in [5, 5.41) is 6.82. The third-order valence-electron chi connectivity index (χ3n) is 1.96. The number of hydrogen-bond donors (Lipinski definition) is 1. The van der Waals surface area contributed by atoms with Crippen molar-refractivity contribution >= 4 is 23.4 Å². The van der Waals surface area contributed by atoms with Crippen molar-refractivity contribution in [2.24, 2.45) is 0 Å². The molecule has 0 saturated carbocycles. The van der Waals surface area contributed by atoms with E-state index in [0.717, 1.165) is 11.6 Å². The Labute approximate surface area is 97.3 Å². The second kappa shape index (κ2) is 4.68. The van der Waals surface area contributed by atoms with Crippen LogP contribution in [0.2, 0.25) is 5.28 Å². The van der Waals surface area contributed by atoms with Gasteiger partial charge in [0.05, 0.1) is 5.75 Å². The van der Waals surface area contributed by atoms with Crippen molar-refractivity contribution in [1.82, 2.24) is 15.2 Å². The molecule has 0 bridgehead atoms. The summed E-state index contributed by atoms with van der Waals surface area (Å²) in [4.78, 5) is 5.29. The highest BCUT2D eigenvalue weighted by atomic mass is 35.5. The number of thioether (sulfide) groups is 1. The van der Waals surface area contributed by atoms with Gasteiger partial charge in [0.2, 0.25) is 5.28 Å². The summed E-state index contributed by atoms with van der Waals surface area (Å²) in [5.41, 5.74) is 1.27. The first kappa shape index (κ1) is 10.5. The normalized spacial score (nSPS) is 10.5. The molecule has 1 aromatic carbocycles. The van der Waals surface area contributed by atoms with Gasteiger partial charge in [-0.25, -0.2) is 4.98 Å². The number of hydrogen-bond acceptors (Lipinski definition) is 3. The molecule has 0 saturated heterocycles. The van der Waals surface area contributed by atoms with Gasteiger partial charge < -0.3 is 0 Å². The lowest BCUT2D eigenvalue weighted by atomic mass is 10.2. The van der Waals surface area contributed by atoms with Gasteiger partial charge in [-0.15, -0.1) is 16.9 Å². The number of nitrogens with one attached hydrogen (secondary N) is 1. The van der Waals surface area contributed by atoms with Crippen LogP contribution in [0.15, 0.2) is 29.2 Å². The van der Waals surface area contributed by atoms with Crippen LogP contribution < -0.4 is 0 Å². The fourth-order valence-electron chi connectivity index (χ4n) is 1.20. The standard InChI is InChI=1S/C10H10ClN3S/c1-7-4-2-3-5-8(7)15-6-9-12-10(11)14-13-9/h2-5H,6H2,1H3,(H,12,13,14). The van der Waals surface area contributed by atoms with E-state index in [4.69, 9.17) is 11.6 Å². The molecule has 1 aromatic heterocycles. The maximum Gasteiger partial charge on any atom is 0.242 e. The summed E-state index contributed by atoms with van der Waals surface area (Å²) in [6.07, 6.45) is 0. The Bertz CT molecular complexity index is 455. The van der Waals surface area contributed by atoms with Crippen molar-refractivity contribution in [2.45, 2.75) is 17.6 Å². The zero-order chi connectivity index (χ0) is 10.7. The Hall–Kier alpha value is -1.00. The lowest BCUT2D eigenvalue weighted by Crippen LogP contribution is -1.85. The number of nitrogens with zero attached hydrogens (tertiary/aromatic N) is 2. The van der Waals surface area contributed by atoms with Gasteiger partial charge in [0, 0.05) is 4.90 Å². The third-order valence-corrected chi connectivity index (χ3v) is 3.32. The SMILES string of the molecule is Cc1ccccc1SCc1nc(Cl)n[nH]1. The van der Waals surface area contributed by atoms with Gasteiger partial charge in [0.1, 0.15) is 5.82 Å². The second-order valence-corrected chi connectivity index (χ2v) is 4.46. The van der Waals surface area contributed by atoms with Crippen LogP contribution in [0.25, 0.3) is 0 Å². The summed E-state index contributed by atoms with van der Waals surface area (Å²) in [7, 11) is 0. The predicted octanol–water partition coefficient (Wildman–Crippen LogP) is 3.06. The number of H-pyrrole nitrogens is 1. The van der Waals surface area contributed by atoms with Crippen molar-refractivity contribution in [3.05, 3.63) is 40.9 Å². The number of aromatic nitrogens is 3. The monoisotopic (exact) mass is 239 g/mol. The number of aromatic amines is 1. The fraction of sp³-hybridized carbons (Fsp3) is 0.200. The van der Waals surface area contributed by atoms with Crippen LogP contribution in [0.1, 0.15) is 11.4 Å². The Balaban J connectivity index is 2.02.